The van der Waals surface area contributed by atoms with Crippen LogP contribution in [0.3, 0.4) is 0 Å². The second kappa shape index (κ2) is 10.0. The van der Waals surface area contributed by atoms with E-state index in [0.29, 0.717) is 11.1 Å². The number of hydrogen-bond acceptors (Lipinski definition) is 7. The van der Waals surface area contributed by atoms with Crippen LogP contribution in [0, 0.1) is 0 Å². The van der Waals surface area contributed by atoms with E-state index in [2.05, 4.69) is 52.9 Å². The molecule has 2 aromatic carbocycles. The highest BCUT2D eigenvalue weighted by Gasteiger charge is 2.15. The number of hydrogen-bond donors (Lipinski definition) is 4. The number of phenols is 2. The van der Waals surface area contributed by atoms with E-state index in [4.69, 9.17) is 4.42 Å². The standard InChI is InChI=1S/C20H14Br2N4O5/c21-13-1-3-15(27)11(7-13)9-23-25-19(29)17-5-6-18(31-17)20(30)26-24-10-12-8-14(22)2-4-16(12)28/h1-10,27-28H,(H,25,29)(H,26,30). The van der Waals surface area contributed by atoms with Gasteiger partial charge in [0.25, 0.3) is 0 Å². The van der Waals surface area contributed by atoms with Crippen LogP contribution in [-0.4, -0.2) is 34.5 Å². The number of furan rings is 1. The lowest BCUT2D eigenvalue weighted by Crippen LogP contribution is -2.18. The number of amides is 2. The minimum atomic E-state index is -0.688. The number of aromatic hydroxyl groups is 2. The molecule has 158 valence electrons. The maximum Gasteiger partial charge on any atom is 0.307 e. The number of nitrogens with zero attached hydrogens (tertiary/aromatic N) is 2. The third kappa shape index (κ3) is 6.03. The van der Waals surface area contributed by atoms with E-state index in [0.717, 1.165) is 8.95 Å². The predicted octanol–water partition coefficient (Wildman–Crippen LogP) is 3.74. The molecule has 0 radical (unpaired) electrons. The van der Waals surface area contributed by atoms with Crippen molar-refractivity contribution in [1.82, 2.24) is 10.9 Å². The van der Waals surface area contributed by atoms with Gasteiger partial charge in [0, 0.05) is 20.1 Å². The van der Waals surface area contributed by atoms with E-state index in [9.17, 15) is 19.8 Å². The van der Waals surface area contributed by atoms with Gasteiger partial charge in [-0.3, -0.25) is 9.59 Å². The normalized spacial score (nSPS) is 11.2. The van der Waals surface area contributed by atoms with Crippen LogP contribution in [0.2, 0.25) is 0 Å². The van der Waals surface area contributed by atoms with Crippen molar-refractivity contribution in [3.8, 4) is 11.5 Å². The Balaban J connectivity index is 1.58. The lowest BCUT2D eigenvalue weighted by Gasteiger charge is -2.00. The van der Waals surface area contributed by atoms with Crippen molar-refractivity contribution in [3.63, 3.8) is 0 Å². The summed E-state index contributed by atoms with van der Waals surface area (Å²) in [5.41, 5.74) is 5.26. The first-order chi connectivity index (χ1) is 14.8. The quantitative estimate of drug-likeness (QED) is 0.274. The molecule has 1 aromatic heterocycles. The first kappa shape index (κ1) is 22.2. The van der Waals surface area contributed by atoms with Gasteiger partial charge in [-0.1, -0.05) is 31.9 Å². The van der Waals surface area contributed by atoms with Gasteiger partial charge >= 0.3 is 11.8 Å². The van der Waals surface area contributed by atoms with Crippen molar-refractivity contribution < 1.29 is 24.2 Å². The molecule has 0 aliphatic heterocycles. The van der Waals surface area contributed by atoms with Crippen LogP contribution < -0.4 is 10.9 Å². The molecule has 0 bridgehead atoms. The van der Waals surface area contributed by atoms with Crippen LogP contribution in [-0.2, 0) is 0 Å². The van der Waals surface area contributed by atoms with Gasteiger partial charge in [-0.25, -0.2) is 10.9 Å². The summed E-state index contributed by atoms with van der Waals surface area (Å²) in [5.74, 6) is -1.67. The predicted molar refractivity (Wildman–Crippen MR) is 120 cm³/mol. The molecule has 0 saturated heterocycles. The Labute approximate surface area is 192 Å². The fourth-order valence-corrected chi connectivity index (χ4v) is 3.03. The summed E-state index contributed by atoms with van der Waals surface area (Å²) in [6, 6.07) is 12.1. The third-order valence-electron chi connectivity index (χ3n) is 3.77. The summed E-state index contributed by atoms with van der Waals surface area (Å²) in [6.07, 6.45) is 2.53. The monoisotopic (exact) mass is 548 g/mol. The third-order valence-corrected chi connectivity index (χ3v) is 4.76. The summed E-state index contributed by atoms with van der Waals surface area (Å²) in [4.78, 5) is 24.2. The fourth-order valence-electron chi connectivity index (χ4n) is 2.27. The molecule has 0 aliphatic rings. The molecule has 0 saturated carbocycles. The van der Waals surface area contributed by atoms with E-state index in [1.807, 2.05) is 0 Å². The smallest absolute Gasteiger partial charge is 0.307 e. The zero-order valence-electron chi connectivity index (χ0n) is 15.5. The molecule has 0 fully saturated rings. The molecular formula is C20H14Br2N4O5. The lowest BCUT2D eigenvalue weighted by molar-refractivity contribution is 0.0902. The number of rotatable bonds is 6. The van der Waals surface area contributed by atoms with E-state index < -0.39 is 11.8 Å². The van der Waals surface area contributed by atoms with Crippen molar-refractivity contribution in [3.05, 3.63) is 80.1 Å². The Morgan fingerprint density at radius 2 is 1.19 bits per heavy atom. The van der Waals surface area contributed by atoms with Gasteiger partial charge in [-0.05, 0) is 48.5 Å². The van der Waals surface area contributed by atoms with Gasteiger partial charge in [-0.15, -0.1) is 0 Å². The topological polar surface area (TPSA) is 137 Å². The summed E-state index contributed by atoms with van der Waals surface area (Å²) in [7, 11) is 0. The number of carbonyl (C=O) groups is 2. The zero-order valence-corrected chi connectivity index (χ0v) is 18.7. The van der Waals surface area contributed by atoms with Crippen molar-refractivity contribution in [2.24, 2.45) is 10.2 Å². The van der Waals surface area contributed by atoms with E-state index in [1.54, 1.807) is 24.3 Å². The van der Waals surface area contributed by atoms with Crippen molar-refractivity contribution >= 4 is 56.1 Å². The Bertz CT molecular complexity index is 1100. The maximum atomic E-state index is 12.1. The van der Waals surface area contributed by atoms with Crippen LogP contribution in [0.4, 0.5) is 0 Å². The SMILES string of the molecule is O=C(NN=Cc1cc(Br)ccc1O)c1ccc(C(=O)NN=Cc2cc(Br)ccc2O)o1. The lowest BCUT2D eigenvalue weighted by atomic mass is 10.2. The number of carbonyl (C=O) groups excluding carboxylic acids is 2. The molecule has 3 rings (SSSR count). The summed E-state index contributed by atoms with van der Waals surface area (Å²) < 4.78 is 6.68. The number of nitrogens with one attached hydrogen (secondary N) is 2. The fraction of sp³-hybridized carbons (Fsp3) is 0. The molecule has 2 amide bonds. The van der Waals surface area contributed by atoms with E-state index >= 15 is 0 Å². The average Bonchev–Trinajstić information content (AvgIpc) is 3.23. The molecule has 31 heavy (non-hydrogen) atoms. The number of phenolic OH excluding ortho intramolecular Hbond substituents is 2. The number of hydrazone groups is 2. The minimum Gasteiger partial charge on any atom is -0.507 e. The van der Waals surface area contributed by atoms with Crippen molar-refractivity contribution in [1.29, 1.82) is 0 Å². The second-order valence-electron chi connectivity index (χ2n) is 5.97. The number of benzene rings is 2. The molecule has 3 aromatic rings. The number of halogens is 2. The highest BCUT2D eigenvalue weighted by Crippen LogP contribution is 2.21. The van der Waals surface area contributed by atoms with Crippen molar-refractivity contribution in [2.75, 3.05) is 0 Å². The largest absolute Gasteiger partial charge is 0.507 e. The molecule has 11 heteroatoms. The molecule has 1 heterocycles. The summed E-state index contributed by atoms with van der Waals surface area (Å²) >= 11 is 6.54. The van der Waals surface area contributed by atoms with Crippen LogP contribution in [0.25, 0.3) is 0 Å². The highest BCUT2D eigenvalue weighted by atomic mass is 79.9. The Morgan fingerprint density at radius 1 is 0.774 bits per heavy atom. The van der Waals surface area contributed by atoms with Gasteiger partial charge in [0.2, 0.25) is 0 Å². The van der Waals surface area contributed by atoms with Gasteiger partial charge < -0.3 is 14.6 Å². The van der Waals surface area contributed by atoms with Crippen LogP contribution in [0.15, 0.2) is 72.1 Å². The maximum absolute atomic E-state index is 12.1. The summed E-state index contributed by atoms with van der Waals surface area (Å²) in [6.45, 7) is 0. The molecule has 0 aliphatic carbocycles. The van der Waals surface area contributed by atoms with Crippen LogP contribution >= 0.6 is 31.9 Å². The first-order valence-corrected chi connectivity index (χ1v) is 10.2. The minimum absolute atomic E-state index is 0.00473. The molecule has 4 N–H and O–H groups in total. The highest BCUT2D eigenvalue weighted by molar-refractivity contribution is 9.10. The van der Waals surface area contributed by atoms with E-state index in [1.165, 1.54) is 36.7 Å². The molecule has 9 nitrogen and oxygen atoms in total. The molecule has 0 atom stereocenters. The van der Waals surface area contributed by atoms with Gasteiger partial charge in [-0.2, -0.15) is 10.2 Å². The van der Waals surface area contributed by atoms with Gasteiger partial charge in [0.05, 0.1) is 12.4 Å². The average molecular weight is 550 g/mol. The van der Waals surface area contributed by atoms with Crippen LogP contribution in [0.1, 0.15) is 32.2 Å². The summed E-state index contributed by atoms with van der Waals surface area (Å²) in [5, 5.41) is 27.0. The Kier molecular flexibility index (Phi) is 7.21. The Hall–Kier alpha value is -3.44. The Morgan fingerprint density at radius 3 is 1.61 bits per heavy atom. The van der Waals surface area contributed by atoms with E-state index in [-0.39, 0.29) is 23.0 Å². The molecule has 0 spiro atoms. The van der Waals surface area contributed by atoms with Gasteiger partial charge in [0.1, 0.15) is 11.5 Å². The molecular weight excluding hydrogens is 536 g/mol. The zero-order chi connectivity index (χ0) is 22.4. The molecule has 0 unspecified atom stereocenters. The van der Waals surface area contributed by atoms with Crippen molar-refractivity contribution in [2.45, 2.75) is 0 Å². The second-order valence-corrected chi connectivity index (χ2v) is 7.80. The van der Waals surface area contributed by atoms with Crippen LogP contribution in [0.5, 0.6) is 11.5 Å². The first-order valence-electron chi connectivity index (χ1n) is 8.57. The van der Waals surface area contributed by atoms with Gasteiger partial charge in [0.15, 0.2) is 11.5 Å².